The van der Waals surface area contributed by atoms with Crippen LogP contribution < -0.4 is 19.5 Å². The molecule has 0 aliphatic rings. The molecule has 0 saturated heterocycles. The van der Waals surface area contributed by atoms with Crippen molar-refractivity contribution in [3.8, 4) is 17.2 Å². The van der Waals surface area contributed by atoms with Gasteiger partial charge in [0, 0.05) is 11.6 Å². The molecule has 1 amide bonds. The third-order valence-corrected chi connectivity index (χ3v) is 2.87. The number of ether oxygens (including phenoxy) is 5. The van der Waals surface area contributed by atoms with Crippen molar-refractivity contribution in [2.75, 3.05) is 40.9 Å². The molecule has 23 heavy (non-hydrogen) atoms. The number of anilines is 1. The molecule has 0 radical (unpaired) electrons. The van der Waals surface area contributed by atoms with Gasteiger partial charge in [-0.1, -0.05) is 0 Å². The highest BCUT2D eigenvalue weighted by Crippen LogP contribution is 2.45. The van der Waals surface area contributed by atoms with E-state index in [1.54, 1.807) is 6.07 Å². The van der Waals surface area contributed by atoms with E-state index in [0.29, 0.717) is 11.3 Å². The number of carbonyl (C=O) groups is 2. The molecular formula is C15H19NO7. The van der Waals surface area contributed by atoms with Gasteiger partial charge in [0.25, 0.3) is 0 Å². The Labute approximate surface area is 133 Å². The second-order valence-corrected chi connectivity index (χ2v) is 4.08. The lowest BCUT2D eigenvalue weighted by Crippen LogP contribution is -2.13. The Morgan fingerprint density at radius 2 is 1.61 bits per heavy atom. The minimum absolute atomic E-state index is 0.224. The molecule has 1 N–H and O–H groups in total. The summed E-state index contributed by atoms with van der Waals surface area (Å²) in [4.78, 5) is 22.9. The van der Waals surface area contributed by atoms with E-state index in [0.717, 1.165) is 0 Å². The highest BCUT2D eigenvalue weighted by atomic mass is 16.5. The SMILES string of the molecule is COC(=O)/C=C/c1cc(OC)c(OC)c(OC)c1NC(=O)OC. The van der Waals surface area contributed by atoms with Crippen LogP contribution in [0.2, 0.25) is 0 Å². The molecule has 0 bridgehead atoms. The molecule has 0 aromatic heterocycles. The molecule has 1 rings (SSSR count). The smallest absolute Gasteiger partial charge is 0.411 e. The largest absolute Gasteiger partial charge is 0.493 e. The predicted octanol–water partition coefficient (Wildman–Crippen LogP) is 2.08. The van der Waals surface area contributed by atoms with Gasteiger partial charge in [0.15, 0.2) is 11.5 Å². The highest BCUT2D eigenvalue weighted by molar-refractivity contribution is 5.95. The first-order chi connectivity index (χ1) is 11.0. The fraction of sp³-hybridized carbons (Fsp3) is 0.333. The van der Waals surface area contributed by atoms with Crippen molar-refractivity contribution < 1.29 is 33.3 Å². The van der Waals surface area contributed by atoms with Gasteiger partial charge in [-0.15, -0.1) is 0 Å². The standard InChI is InChI=1S/C15H19NO7/c1-19-10-8-9(6-7-11(17)20-2)12(16-15(18)23-5)14(22-4)13(10)21-3/h6-8H,1-5H3,(H,16,18)/b7-6+. The molecule has 0 fully saturated rings. The number of methoxy groups -OCH3 is 5. The van der Waals surface area contributed by atoms with Gasteiger partial charge < -0.3 is 23.7 Å². The molecule has 0 unspecified atom stereocenters. The van der Waals surface area contributed by atoms with E-state index < -0.39 is 12.1 Å². The van der Waals surface area contributed by atoms with Gasteiger partial charge in [0.05, 0.1) is 41.2 Å². The molecule has 1 aromatic rings. The zero-order valence-electron chi connectivity index (χ0n) is 13.6. The van der Waals surface area contributed by atoms with Crippen LogP contribution in [0, 0.1) is 0 Å². The van der Waals surface area contributed by atoms with E-state index in [4.69, 9.17) is 14.2 Å². The number of hydrogen-bond donors (Lipinski definition) is 1. The van der Waals surface area contributed by atoms with Gasteiger partial charge in [0.2, 0.25) is 5.75 Å². The number of amides is 1. The van der Waals surface area contributed by atoms with Crippen LogP contribution in [-0.2, 0) is 14.3 Å². The van der Waals surface area contributed by atoms with Gasteiger partial charge in [-0.25, -0.2) is 9.59 Å². The normalized spacial score (nSPS) is 10.1. The Morgan fingerprint density at radius 3 is 2.09 bits per heavy atom. The van der Waals surface area contributed by atoms with Crippen LogP contribution in [-0.4, -0.2) is 47.6 Å². The van der Waals surface area contributed by atoms with Crippen LogP contribution >= 0.6 is 0 Å². The lowest BCUT2D eigenvalue weighted by Gasteiger charge is -2.18. The third-order valence-electron chi connectivity index (χ3n) is 2.87. The Kier molecular flexibility index (Phi) is 6.72. The Hall–Kier alpha value is -2.90. The summed E-state index contributed by atoms with van der Waals surface area (Å²) in [7, 11) is 6.79. The van der Waals surface area contributed by atoms with Crippen molar-refractivity contribution in [1.82, 2.24) is 0 Å². The van der Waals surface area contributed by atoms with E-state index in [9.17, 15) is 9.59 Å². The van der Waals surface area contributed by atoms with Crippen LogP contribution in [0.25, 0.3) is 6.08 Å². The first-order valence-electron chi connectivity index (χ1n) is 6.46. The maximum Gasteiger partial charge on any atom is 0.411 e. The third kappa shape index (κ3) is 4.29. The molecule has 0 atom stereocenters. The summed E-state index contributed by atoms with van der Waals surface area (Å²) in [5, 5.41) is 2.52. The number of carbonyl (C=O) groups excluding carboxylic acids is 2. The Bertz CT molecular complexity index is 610. The van der Waals surface area contributed by atoms with Crippen molar-refractivity contribution >= 4 is 23.8 Å². The van der Waals surface area contributed by atoms with E-state index >= 15 is 0 Å². The van der Waals surface area contributed by atoms with Gasteiger partial charge in [-0.3, -0.25) is 5.32 Å². The topological polar surface area (TPSA) is 92.3 Å². The van der Waals surface area contributed by atoms with Gasteiger partial charge in [-0.05, 0) is 12.1 Å². The summed E-state index contributed by atoms with van der Waals surface area (Å²) in [6.45, 7) is 0. The summed E-state index contributed by atoms with van der Waals surface area (Å²) in [6, 6.07) is 1.58. The van der Waals surface area contributed by atoms with Crippen molar-refractivity contribution in [3.63, 3.8) is 0 Å². The molecule has 0 spiro atoms. The summed E-state index contributed by atoms with van der Waals surface area (Å²) in [6.07, 6.45) is 1.94. The van der Waals surface area contributed by atoms with Crippen molar-refractivity contribution in [3.05, 3.63) is 17.7 Å². The molecule has 0 saturated carbocycles. The van der Waals surface area contributed by atoms with Crippen LogP contribution in [0.1, 0.15) is 5.56 Å². The minimum Gasteiger partial charge on any atom is -0.493 e. The maximum atomic E-state index is 11.6. The molecular weight excluding hydrogens is 306 g/mol. The maximum absolute atomic E-state index is 11.6. The summed E-state index contributed by atoms with van der Waals surface area (Å²) in [5.74, 6) is 0.324. The van der Waals surface area contributed by atoms with E-state index in [1.807, 2.05) is 0 Å². The van der Waals surface area contributed by atoms with Gasteiger partial charge >= 0.3 is 12.1 Å². The predicted molar refractivity (Wildman–Crippen MR) is 83.2 cm³/mol. The summed E-state index contributed by atoms with van der Waals surface area (Å²) >= 11 is 0. The molecule has 0 aliphatic heterocycles. The molecule has 0 aliphatic carbocycles. The number of hydrogen-bond acceptors (Lipinski definition) is 7. The monoisotopic (exact) mass is 325 g/mol. The fourth-order valence-corrected chi connectivity index (χ4v) is 1.81. The average Bonchev–Trinajstić information content (AvgIpc) is 2.58. The number of esters is 1. The van der Waals surface area contributed by atoms with Crippen LogP contribution in [0.5, 0.6) is 17.2 Å². The number of nitrogens with one attached hydrogen (secondary N) is 1. The first-order valence-corrected chi connectivity index (χ1v) is 6.46. The van der Waals surface area contributed by atoms with E-state index in [1.165, 1.54) is 47.7 Å². The lowest BCUT2D eigenvalue weighted by atomic mass is 10.1. The molecule has 126 valence electrons. The Balaban J connectivity index is 3.53. The van der Waals surface area contributed by atoms with Crippen LogP contribution in [0.3, 0.4) is 0 Å². The molecule has 8 nitrogen and oxygen atoms in total. The summed E-state index contributed by atoms with van der Waals surface area (Å²) in [5.41, 5.74) is 0.701. The highest BCUT2D eigenvalue weighted by Gasteiger charge is 2.21. The average molecular weight is 325 g/mol. The number of benzene rings is 1. The molecule has 0 heterocycles. The molecule has 8 heteroatoms. The van der Waals surface area contributed by atoms with E-state index in [2.05, 4.69) is 14.8 Å². The molecule has 1 aromatic carbocycles. The van der Waals surface area contributed by atoms with Gasteiger partial charge in [-0.2, -0.15) is 0 Å². The van der Waals surface area contributed by atoms with Gasteiger partial charge in [0.1, 0.15) is 0 Å². The zero-order chi connectivity index (χ0) is 17.4. The first kappa shape index (κ1) is 18.1. The summed E-state index contributed by atoms with van der Waals surface area (Å²) < 4.78 is 24.9. The van der Waals surface area contributed by atoms with E-state index in [-0.39, 0.29) is 17.2 Å². The van der Waals surface area contributed by atoms with Crippen molar-refractivity contribution in [2.45, 2.75) is 0 Å². The second kappa shape index (κ2) is 8.52. The lowest BCUT2D eigenvalue weighted by molar-refractivity contribution is -0.134. The van der Waals surface area contributed by atoms with Crippen molar-refractivity contribution in [2.24, 2.45) is 0 Å². The van der Waals surface area contributed by atoms with Crippen LogP contribution in [0.15, 0.2) is 12.1 Å². The number of rotatable bonds is 6. The zero-order valence-corrected chi connectivity index (χ0v) is 13.6. The van der Waals surface area contributed by atoms with Crippen molar-refractivity contribution in [1.29, 1.82) is 0 Å². The Morgan fingerprint density at radius 1 is 0.957 bits per heavy atom. The quantitative estimate of drug-likeness (QED) is 0.632. The second-order valence-electron chi connectivity index (χ2n) is 4.08. The van der Waals surface area contributed by atoms with Crippen LogP contribution in [0.4, 0.5) is 10.5 Å². The minimum atomic E-state index is -0.705. The fourth-order valence-electron chi connectivity index (χ4n) is 1.81.